The molecule has 1 saturated carbocycles. The van der Waals surface area contributed by atoms with Crippen LogP contribution in [0.3, 0.4) is 0 Å². The van der Waals surface area contributed by atoms with Gasteiger partial charge in [-0.2, -0.15) is 0 Å². The number of hydrogen-bond acceptors (Lipinski definition) is 7. The summed E-state index contributed by atoms with van der Waals surface area (Å²) in [6.45, 7) is 3.31. The number of nitrogens with zero attached hydrogens (tertiary/aromatic N) is 4. The van der Waals surface area contributed by atoms with Crippen LogP contribution in [0.1, 0.15) is 25.2 Å². The number of aromatic nitrogens is 3. The number of rotatable bonds is 5. The fourth-order valence-corrected chi connectivity index (χ4v) is 4.24. The van der Waals surface area contributed by atoms with E-state index in [0.717, 1.165) is 44.5 Å². The van der Waals surface area contributed by atoms with Crippen LogP contribution in [0.2, 0.25) is 0 Å². The lowest BCUT2D eigenvalue weighted by molar-refractivity contribution is -0.118. The molecule has 166 valence electrons. The molecule has 32 heavy (non-hydrogen) atoms. The maximum absolute atomic E-state index is 13.7. The van der Waals surface area contributed by atoms with Gasteiger partial charge in [0.05, 0.1) is 6.20 Å². The molecule has 2 aromatic heterocycles. The molecular weight excluding hydrogens is 420 g/mol. The molecule has 1 N–H and O–H groups in total. The highest BCUT2D eigenvalue weighted by molar-refractivity contribution is 5.94. The van der Waals surface area contributed by atoms with Crippen molar-refractivity contribution in [1.29, 1.82) is 0 Å². The van der Waals surface area contributed by atoms with Gasteiger partial charge >= 0.3 is 6.01 Å². The Morgan fingerprint density at radius 3 is 2.69 bits per heavy atom. The number of hydrogen-bond donors (Lipinski definition) is 1. The van der Waals surface area contributed by atoms with Gasteiger partial charge in [0.15, 0.2) is 11.6 Å². The van der Waals surface area contributed by atoms with Crippen molar-refractivity contribution in [2.45, 2.75) is 26.2 Å². The Morgan fingerprint density at radius 2 is 2.03 bits per heavy atom. The van der Waals surface area contributed by atoms with E-state index in [1.807, 2.05) is 0 Å². The monoisotopic (exact) mass is 441 g/mol. The zero-order chi connectivity index (χ0) is 22.3. The molecule has 1 amide bonds. The van der Waals surface area contributed by atoms with Crippen LogP contribution in [0.5, 0.6) is 11.5 Å². The number of nitrogens with one attached hydrogen (secondary N) is 1. The van der Waals surface area contributed by atoms with Crippen LogP contribution in [0.15, 0.2) is 40.9 Å². The minimum Gasteiger partial charge on any atom is -0.453 e. The summed E-state index contributed by atoms with van der Waals surface area (Å²) < 4.78 is 37.6. The van der Waals surface area contributed by atoms with Crippen molar-refractivity contribution in [3.8, 4) is 11.5 Å². The van der Waals surface area contributed by atoms with E-state index < -0.39 is 11.6 Å². The lowest BCUT2D eigenvalue weighted by Crippen LogP contribution is -2.36. The van der Waals surface area contributed by atoms with Crippen LogP contribution in [0.25, 0.3) is 0 Å². The Balaban J connectivity index is 1.15. The van der Waals surface area contributed by atoms with E-state index in [1.54, 1.807) is 19.1 Å². The number of pyridine rings is 1. The Hall–Kier alpha value is -3.56. The fourth-order valence-electron chi connectivity index (χ4n) is 4.24. The van der Waals surface area contributed by atoms with Crippen LogP contribution in [-0.2, 0) is 4.79 Å². The minimum atomic E-state index is -0.804. The molecule has 3 aromatic rings. The van der Waals surface area contributed by atoms with E-state index in [2.05, 4.69) is 25.4 Å². The molecule has 2 aliphatic rings. The Morgan fingerprint density at radius 1 is 1.22 bits per heavy atom. The molecule has 3 heterocycles. The summed E-state index contributed by atoms with van der Waals surface area (Å²) in [6, 6.07) is 6.75. The van der Waals surface area contributed by atoms with Crippen molar-refractivity contribution in [3.63, 3.8) is 0 Å². The highest BCUT2D eigenvalue weighted by Gasteiger charge is 2.58. The highest BCUT2D eigenvalue weighted by Crippen LogP contribution is 2.59. The molecule has 10 heteroatoms. The van der Waals surface area contributed by atoms with Gasteiger partial charge in [-0.3, -0.25) is 4.79 Å². The minimum absolute atomic E-state index is 0.0127. The molecule has 1 aromatic carbocycles. The zero-order valence-corrected chi connectivity index (χ0v) is 17.3. The van der Waals surface area contributed by atoms with Crippen molar-refractivity contribution in [3.05, 3.63) is 54.1 Å². The average molecular weight is 441 g/mol. The summed E-state index contributed by atoms with van der Waals surface area (Å²) in [5, 5.41) is 10.8. The summed E-state index contributed by atoms with van der Waals surface area (Å²) in [5.74, 6) is -0.496. The topological polar surface area (TPSA) is 93.4 Å². The highest BCUT2D eigenvalue weighted by atomic mass is 19.1. The Bertz CT molecular complexity index is 1140. The molecule has 1 aliphatic heterocycles. The second-order valence-electron chi connectivity index (χ2n) is 8.25. The van der Waals surface area contributed by atoms with Crippen molar-refractivity contribution in [2.75, 3.05) is 23.3 Å². The standard InChI is InChI=1S/C22H21F2N5O3/c1-13-27-28-21(31-13)29-8-6-22(7-9-29)11-16(22)20(30)26-19-5-3-15(12-25-19)32-18-4-2-14(23)10-17(18)24/h2-5,10,12,16H,6-9,11H2,1H3,(H,25,26,30). The molecule has 1 unspecified atom stereocenters. The fraction of sp³-hybridized carbons (Fsp3) is 0.364. The average Bonchev–Trinajstić information content (AvgIpc) is 3.30. The maximum atomic E-state index is 13.7. The number of halogens is 2. The molecule has 0 radical (unpaired) electrons. The van der Waals surface area contributed by atoms with Crippen LogP contribution < -0.4 is 15.0 Å². The summed E-state index contributed by atoms with van der Waals surface area (Å²) in [4.78, 5) is 19.0. The van der Waals surface area contributed by atoms with Crippen LogP contribution in [-0.4, -0.2) is 34.2 Å². The first-order valence-corrected chi connectivity index (χ1v) is 10.4. The van der Waals surface area contributed by atoms with E-state index in [-0.39, 0.29) is 28.7 Å². The molecule has 1 spiro atoms. The van der Waals surface area contributed by atoms with E-state index >= 15 is 0 Å². The molecule has 0 bridgehead atoms. The molecule has 1 saturated heterocycles. The van der Waals surface area contributed by atoms with Gasteiger partial charge in [0.1, 0.15) is 17.4 Å². The van der Waals surface area contributed by atoms with E-state index in [9.17, 15) is 13.6 Å². The first kappa shape index (κ1) is 20.3. The summed E-state index contributed by atoms with van der Waals surface area (Å²) in [7, 11) is 0. The molecule has 5 rings (SSSR count). The lowest BCUT2D eigenvalue weighted by atomic mass is 9.91. The summed E-state index contributed by atoms with van der Waals surface area (Å²) in [6.07, 6.45) is 4.00. The molecule has 1 aliphatic carbocycles. The normalized spacial score (nSPS) is 19.1. The number of ether oxygens (including phenoxy) is 1. The Kier molecular flexibility index (Phi) is 4.99. The van der Waals surface area contributed by atoms with Gasteiger partial charge in [-0.05, 0) is 48.9 Å². The second-order valence-corrected chi connectivity index (χ2v) is 8.25. The third-order valence-corrected chi connectivity index (χ3v) is 6.16. The lowest BCUT2D eigenvalue weighted by Gasteiger charge is -2.31. The molecular formula is C22H21F2N5O3. The van der Waals surface area contributed by atoms with Crippen molar-refractivity contribution in [2.24, 2.45) is 11.3 Å². The van der Waals surface area contributed by atoms with Gasteiger partial charge in [0.2, 0.25) is 11.8 Å². The first-order chi connectivity index (χ1) is 15.4. The van der Waals surface area contributed by atoms with Crippen molar-refractivity contribution >= 4 is 17.7 Å². The number of carbonyl (C=O) groups is 1. The first-order valence-electron chi connectivity index (χ1n) is 10.4. The number of amides is 1. The third kappa shape index (κ3) is 4.00. The van der Waals surface area contributed by atoms with E-state index in [1.165, 1.54) is 12.3 Å². The van der Waals surface area contributed by atoms with Crippen molar-refractivity contribution < 1.29 is 22.7 Å². The van der Waals surface area contributed by atoms with Gasteiger partial charge in [-0.15, -0.1) is 5.10 Å². The summed E-state index contributed by atoms with van der Waals surface area (Å²) in [5.41, 5.74) is 0.0127. The zero-order valence-electron chi connectivity index (χ0n) is 17.3. The number of benzene rings is 1. The molecule has 2 fully saturated rings. The van der Waals surface area contributed by atoms with Crippen LogP contribution in [0, 0.1) is 29.9 Å². The second kappa shape index (κ2) is 7.85. The largest absolute Gasteiger partial charge is 0.453 e. The van der Waals surface area contributed by atoms with Gasteiger partial charge in [-0.1, -0.05) is 5.10 Å². The SMILES string of the molecule is Cc1nnc(N2CCC3(CC2)CC3C(=O)Nc2ccc(Oc3ccc(F)cc3F)cn2)o1. The third-order valence-electron chi connectivity index (χ3n) is 6.16. The Labute approximate surface area is 182 Å². The number of aryl methyl sites for hydroxylation is 1. The van der Waals surface area contributed by atoms with Gasteiger partial charge in [0.25, 0.3) is 0 Å². The van der Waals surface area contributed by atoms with Crippen LogP contribution >= 0.6 is 0 Å². The van der Waals surface area contributed by atoms with E-state index in [4.69, 9.17) is 9.15 Å². The summed E-state index contributed by atoms with van der Waals surface area (Å²) >= 11 is 0. The van der Waals surface area contributed by atoms with Gasteiger partial charge < -0.3 is 19.4 Å². The molecule has 1 atom stereocenters. The maximum Gasteiger partial charge on any atom is 0.318 e. The van der Waals surface area contributed by atoms with E-state index in [0.29, 0.717) is 17.7 Å². The molecule has 8 nitrogen and oxygen atoms in total. The van der Waals surface area contributed by atoms with Gasteiger partial charge in [0, 0.05) is 32.0 Å². The number of anilines is 2. The number of piperidine rings is 1. The smallest absolute Gasteiger partial charge is 0.318 e. The van der Waals surface area contributed by atoms with Crippen molar-refractivity contribution in [1.82, 2.24) is 15.2 Å². The van der Waals surface area contributed by atoms with Crippen LogP contribution in [0.4, 0.5) is 20.6 Å². The quantitative estimate of drug-likeness (QED) is 0.637. The predicted molar refractivity (Wildman–Crippen MR) is 110 cm³/mol. The van der Waals surface area contributed by atoms with Gasteiger partial charge in [-0.25, -0.2) is 13.8 Å². The predicted octanol–water partition coefficient (Wildman–Crippen LogP) is 4.09. The number of carbonyl (C=O) groups excluding carboxylic acids is 1.